The molecular weight excluding hydrogens is 364 g/mol. The summed E-state index contributed by atoms with van der Waals surface area (Å²) in [5.74, 6) is -1.05. The van der Waals surface area contributed by atoms with E-state index >= 15 is 0 Å². The number of anilines is 1. The van der Waals surface area contributed by atoms with Gasteiger partial charge in [0.05, 0.1) is 10.5 Å². The van der Waals surface area contributed by atoms with Gasteiger partial charge < -0.3 is 9.64 Å². The second kappa shape index (κ2) is 7.99. The molecule has 0 spiro atoms. The molecule has 0 aliphatic carbocycles. The Kier molecular flexibility index (Phi) is 5.49. The van der Waals surface area contributed by atoms with Crippen molar-refractivity contribution < 1.29 is 24.0 Å². The molecule has 0 N–H and O–H groups in total. The van der Waals surface area contributed by atoms with E-state index < -0.39 is 17.5 Å². The highest BCUT2D eigenvalue weighted by molar-refractivity contribution is 6.00. The van der Waals surface area contributed by atoms with Gasteiger partial charge in [0, 0.05) is 35.8 Å². The number of ether oxygens (including phenoxy) is 1. The second-order valence-corrected chi connectivity index (χ2v) is 6.45. The molecule has 1 fully saturated rings. The number of nitrogens with zero attached hydrogens (tertiary/aromatic N) is 2. The Morgan fingerprint density at radius 2 is 1.82 bits per heavy atom. The molecule has 144 valence electrons. The average molecular weight is 382 g/mol. The predicted octanol–water partition coefficient (Wildman–Crippen LogP) is 3.07. The number of Topliss-reactive ketones (excluding diaryl/α,β-unsaturated/α-hetero) is 1. The zero-order chi connectivity index (χ0) is 20.3. The topological polar surface area (TPSA) is 107 Å². The van der Waals surface area contributed by atoms with Crippen molar-refractivity contribution in [2.75, 3.05) is 18.1 Å². The number of carbonyl (C=O) groups excluding carboxylic acids is 3. The number of esters is 1. The van der Waals surface area contributed by atoms with Crippen LogP contribution >= 0.6 is 0 Å². The minimum Gasteiger partial charge on any atom is -0.454 e. The minimum absolute atomic E-state index is 0.0615. The van der Waals surface area contributed by atoms with Gasteiger partial charge in [0.2, 0.25) is 5.91 Å². The zero-order valence-corrected chi connectivity index (χ0v) is 15.2. The molecule has 0 radical (unpaired) electrons. The lowest BCUT2D eigenvalue weighted by atomic mass is 10.1. The summed E-state index contributed by atoms with van der Waals surface area (Å²) in [7, 11) is 0. The van der Waals surface area contributed by atoms with Crippen LogP contribution in [-0.2, 0) is 9.53 Å². The van der Waals surface area contributed by atoms with E-state index in [1.54, 1.807) is 29.2 Å². The normalized spacial score (nSPS) is 13.5. The van der Waals surface area contributed by atoms with Gasteiger partial charge in [0.1, 0.15) is 0 Å². The number of rotatable bonds is 6. The highest BCUT2D eigenvalue weighted by Gasteiger charge is 2.22. The molecule has 1 amide bonds. The van der Waals surface area contributed by atoms with Gasteiger partial charge in [-0.15, -0.1) is 0 Å². The summed E-state index contributed by atoms with van der Waals surface area (Å²) in [6.45, 7) is 1.74. The van der Waals surface area contributed by atoms with E-state index in [-0.39, 0.29) is 22.9 Å². The molecule has 0 aromatic heterocycles. The van der Waals surface area contributed by atoms with Gasteiger partial charge in [-0.3, -0.25) is 19.7 Å². The van der Waals surface area contributed by atoms with Crippen molar-refractivity contribution in [2.24, 2.45) is 0 Å². The lowest BCUT2D eigenvalue weighted by Gasteiger charge is -2.15. The molecular formula is C20H18N2O6. The standard InChI is InChI=1S/C20H18N2O6/c1-13-11-15(6-9-17(13)22(26)27)20(25)28-12-18(23)14-4-7-16(8-5-14)21-10-2-3-19(21)24/h4-9,11H,2-3,10,12H2,1H3. The summed E-state index contributed by atoms with van der Waals surface area (Å²) in [5.41, 5.74) is 1.47. The molecule has 0 unspecified atom stereocenters. The number of carbonyl (C=O) groups is 3. The fourth-order valence-corrected chi connectivity index (χ4v) is 3.03. The first kappa shape index (κ1) is 19.2. The fourth-order valence-electron chi connectivity index (χ4n) is 3.03. The number of benzene rings is 2. The molecule has 8 heteroatoms. The van der Waals surface area contributed by atoms with Crippen LogP contribution in [0.1, 0.15) is 39.1 Å². The SMILES string of the molecule is Cc1cc(C(=O)OCC(=O)c2ccc(N3CCCC3=O)cc2)ccc1[N+](=O)[O-]. The van der Waals surface area contributed by atoms with E-state index in [0.29, 0.717) is 24.1 Å². The summed E-state index contributed by atoms with van der Waals surface area (Å²) in [5, 5.41) is 10.8. The number of amides is 1. The van der Waals surface area contributed by atoms with Crippen LogP contribution in [0.4, 0.5) is 11.4 Å². The van der Waals surface area contributed by atoms with Gasteiger partial charge in [0.25, 0.3) is 5.69 Å². The lowest BCUT2D eigenvalue weighted by molar-refractivity contribution is -0.385. The van der Waals surface area contributed by atoms with Crippen LogP contribution in [0, 0.1) is 17.0 Å². The maximum atomic E-state index is 12.2. The van der Waals surface area contributed by atoms with Crippen LogP contribution in [-0.4, -0.2) is 35.7 Å². The largest absolute Gasteiger partial charge is 0.454 e. The third kappa shape index (κ3) is 4.06. The maximum Gasteiger partial charge on any atom is 0.338 e. The first-order valence-corrected chi connectivity index (χ1v) is 8.72. The Labute approximate surface area is 160 Å². The Balaban J connectivity index is 1.60. The van der Waals surface area contributed by atoms with E-state index in [1.807, 2.05) is 0 Å². The quantitative estimate of drug-likeness (QED) is 0.329. The first-order valence-electron chi connectivity index (χ1n) is 8.72. The zero-order valence-electron chi connectivity index (χ0n) is 15.2. The summed E-state index contributed by atoms with van der Waals surface area (Å²) in [6, 6.07) is 10.4. The molecule has 1 aliphatic heterocycles. The number of nitro benzene ring substituents is 1. The van der Waals surface area contributed by atoms with Crippen LogP contribution in [0.2, 0.25) is 0 Å². The average Bonchev–Trinajstić information content (AvgIpc) is 3.11. The van der Waals surface area contributed by atoms with Crippen LogP contribution in [0.3, 0.4) is 0 Å². The van der Waals surface area contributed by atoms with Crippen molar-refractivity contribution in [3.05, 3.63) is 69.3 Å². The van der Waals surface area contributed by atoms with Crippen molar-refractivity contribution in [3.8, 4) is 0 Å². The smallest absolute Gasteiger partial charge is 0.338 e. The molecule has 28 heavy (non-hydrogen) atoms. The van der Waals surface area contributed by atoms with Crippen LogP contribution in [0.15, 0.2) is 42.5 Å². The Morgan fingerprint density at radius 1 is 1.14 bits per heavy atom. The van der Waals surface area contributed by atoms with Crippen molar-refractivity contribution in [2.45, 2.75) is 19.8 Å². The summed E-state index contributed by atoms with van der Waals surface area (Å²) >= 11 is 0. The van der Waals surface area contributed by atoms with Crippen LogP contribution in [0.5, 0.6) is 0 Å². The number of aryl methyl sites for hydroxylation is 1. The Bertz CT molecular complexity index is 952. The molecule has 3 rings (SSSR count). The Hall–Kier alpha value is -3.55. The number of ketones is 1. The molecule has 2 aromatic carbocycles. The van der Waals surface area contributed by atoms with Gasteiger partial charge in [-0.25, -0.2) is 4.79 Å². The Morgan fingerprint density at radius 3 is 2.39 bits per heavy atom. The predicted molar refractivity (Wildman–Crippen MR) is 100 cm³/mol. The first-order chi connectivity index (χ1) is 13.4. The highest BCUT2D eigenvalue weighted by atomic mass is 16.6. The van der Waals surface area contributed by atoms with Crippen molar-refractivity contribution >= 4 is 29.0 Å². The van der Waals surface area contributed by atoms with Gasteiger partial charge in [-0.05, 0) is 49.7 Å². The van der Waals surface area contributed by atoms with E-state index in [2.05, 4.69) is 0 Å². The van der Waals surface area contributed by atoms with E-state index in [1.165, 1.54) is 25.1 Å². The molecule has 0 bridgehead atoms. The van der Waals surface area contributed by atoms with Crippen molar-refractivity contribution in [1.82, 2.24) is 0 Å². The number of nitro groups is 1. The lowest BCUT2D eigenvalue weighted by Crippen LogP contribution is -2.23. The molecule has 1 saturated heterocycles. The molecule has 0 atom stereocenters. The van der Waals surface area contributed by atoms with Crippen LogP contribution < -0.4 is 4.90 Å². The highest BCUT2D eigenvalue weighted by Crippen LogP contribution is 2.22. The third-order valence-electron chi connectivity index (χ3n) is 4.54. The molecule has 0 saturated carbocycles. The molecule has 8 nitrogen and oxygen atoms in total. The van der Waals surface area contributed by atoms with Crippen molar-refractivity contribution in [3.63, 3.8) is 0 Å². The number of hydrogen-bond acceptors (Lipinski definition) is 6. The third-order valence-corrected chi connectivity index (χ3v) is 4.54. The second-order valence-electron chi connectivity index (χ2n) is 6.45. The fraction of sp³-hybridized carbons (Fsp3) is 0.250. The van der Waals surface area contributed by atoms with Crippen LogP contribution in [0.25, 0.3) is 0 Å². The van der Waals surface area contributed by atoms with E-state index in [9.17, 15) is 24.5 Å². The monoisotopic (exact) mass is 382 g/mol. The number of hydrogen-bond donors (Lipinski definition) is 0. The maximum absolute atomic E-state index is 12.2. The van der Waals surface area contributed by atoms with Gasteiger partial charge >= 0.3 is 5.97 Å². The molecule has 1 aliphatic rings. The van der Waals surface area contributed by atoms with E-state index in [4.69, 9.17) is 4.74 Å². The minimum atomic E-state index is -0.731. The molecule has 2 aromatic rings. The summed E-state index contributed by atoms with van der Waals surface area (Å²) in [6.07, 6.45) is 1.34. The van der Waals surface area contributed by atoms with Gasteiger partial charge in [-0.2, -0.15) is 0 Å². The van der Waals surface area contributed by atoms with Gasteiger partial charge in [-0.1, -0.05) is 0 Å². The van der Waals surface area contributed by atoms with E-state index in [0.717, 1.165) is 12.1 Å². The van der Waals surface area contributed by atoms with Gasteiger partial charge in [0.15, 0.2) is 12.4 Å². The molecule has 1 heterocycles. The summed E-state index contributed by atoms with van der Waals surface area (Å²) < 4.78 is 5.02. The summed E-state index contributed by atoms with van der Waals surface area (Å²) in [4.78, 5) is 48.0. The van der Waals surface area contributed by atoms with Crippen molar-refractivity contribution in [1.29, 1.82) is 0 Å².